The summed E-state index contributed by atoms with van der Waals surface area (Å²) in [6.07, 6.45) is 3.11. The van der Waals surface area contributed by atoms with Crippen molar-refractivity contribution >= 4 is 5.65 Å². The first-order valence-corrected chi connectivity index (χ1v) is 7.09. The molecule has 3 aromatic rings. The zero-order valence-electron chi connectivity index (χ0n) is 11.5. The van der Waals surface area contributed by atoms with Crippen LogP contribution in [0.3, 0.4) is 0 Å². The van der Waals surface area contributed by atoms with Crippen molar-refractivity contribution in [2.75, 3.05) is 6.54 Å². The van der Waals surface area contributed by atoms with E-state index in [0.29, 0.717) is 0 Å². The van der Waals surface area contributed by atoms with Gasteiger partial charge in [-0.1, -0.05) is 35.9 Å². The van der Waals surface area contributed by atoms with Crippen LogP contribution in [0, 0.1) is 6.92 Å². The Kier molecular flexibility index (Phi) is 2.60. The molecule has 0 amide bonds. The molecule has 2 aromatic heterocycles. The first-order valence-electron chi connectivity index (χ1n) is 7.09. The SMILES string of the molecule is Cc1cccc(C2NCCc3nc4ccccn4c32)c1. The highest BCUT2D eigenvalue weighted by Gasteiger charge is 2.26. The lowest BCUT2D eigenvalue weighted by Crippen LogP contribution is -2.31. The molecule has 0 aliphatic carbocycles. The van der Waals surface area contributed by atoms with E-state index in [1.54, 1.807) is 0 Å². The first-order chi connectivity index (χ1) is 9.83. The van der Waals surface area contributed by atoms with Gasteiger partial charge in [0, 0.05) is 19.2 Å². The molecule has 0 radical (unpaired) electrons. The van der Waals surface area contributed by atoms with Gasteiger partial charge in [-0.25, -0.2) is 4.98 Å². The van der Waals surface area contributed by atoms with E-state index in [1.165, 1.54) is 22.5 Å². The summed E-state index contributed by atoms with van der Waals surface area (Å²) in [6, 6.07) is 15.1. The standard InChI is InChI=1S/C17H17N3/c1-12-5-4-6-13(11-12)16-17-14(8-9-18-16)19-15-7-2-3-10-20(15)17/h2-7,10-11,16,18H,8-9H2,1H3. The minimum absolute atomic E-state index is 0.232. The quantitative estimate of drug-likeness (QED) is 0.731. The summed E-state index contributed by atoms with van der Waals surface area (Å²) in [5, 5.41) is 3.64. The average Bonchev–Trinajstić information content (AvgIpc) is 2.85. The molecule has 1 aliphatic rings. The van der Waals surface area contributed by atoms with E-state index in [0.717, 1.165) is 18.6 Å². The molecule has 0 saturated heterocycles. The molecule has 100 valence electrons. The molecule has 0 saturated carbocycles. The normalized spacial score (nSPS) is 18.1. The number of benzene rings is 1. The Morgan fingerprint density at radius 3 is 3.05 bits per heavy atom. The molecule has 0 fully saturated rings. The van der Waals surface area contributed by atoms with Gasteiger partial charge >= 0.3 is 0 Å². The fraction of sp³-hybridized carbons (Fsp3) is 0.235. The Hall–Kier alpha value is -2.13. The molecular weight excluding hydrogens is 246 g/mol. The molecule has 0 spiro atoms. The maximum atomic E-state index is 4.77. The fourth-order valence-corrected chi connectivity index (χ4v) is 3.11. The van der Waals surface area contributed by atoms with E-state index in [4.69, 9.17) is 4.98 Å². The fourth-order valence-electron chi connectivity index (χ4n) is 3.11. The molecule has 3 heteroatoms. The van der Waals surface area contributed by atoms with Crippen LogP contribution in [0.15, 0.2) is 48.7 Å². The van der Waals surface area contributed by atoms with Gasteiger partial charge in [0.05, 0.1) is 17.4 Å². The van der Waals surface area contributed by atoms with Gasteiger partial charge in [-0.05, 0) is 24.6 Å². The van der Waals surface area contributed by atoms with Crippen molar-refractivity contribution in [2.24, 2.45) is 0 Å². The van der Waals surface area contributed by atoms with Crippen LogP contribution < -0.4 is 5.32 Å². The molecule has 4 rings (SSSR count). The molecule has 0 bridgehead atoms. The minimum atomic E-state index is 0.232. The Morgan fingerprint density at radius 2 is 2.15 bits per heavy atom. The van der Waals surface area contributed by atoms with Crippen LogP contribution in [-0.2, 0) is 6.42 Å². The Morgan fingerprint density at radius 1 is 1.20 bits per heavy atom. The van der Waals surface area contributed by atoms with Crippen molar-refractivity contribution in [3.63, 3.8) is 0 Å². The maximum Gasteiger partial charge on any atom is 0.137 e. The summed E-state index contributed by atoms with van der Waals surface area (Å²) in [4.78, 5) is 4.77. The summed E-state index contributed by atoms with van der Waals surface area (Å²) in [5.41, 5.74) is 6.17. The summed E-state index contributed by atoms with van der Waals surface area (Å²) in [7, 11) is 0. The number of imidazole rings is 1. The lowest BCUT2D eigenvalue weighted by Gasteiger charge is -2.25. The highest BCUT2D eigenvalue weighted by Crippen LogP contribution is 2.29. The van der Waals surface area contributed by atoms with Crippen LogP contribution in [0.5, 0.6) is 0 Å². The molecule has 20 heavy (non-hydrogen) atoms. The minimum Gasteiger partial charge on any atom is -0.305 e. The van der Waals surface area contributed by atoms with Gasteiger partial charge in [-0.15, -0.1) is 0 Å². The summed E-state index contributed by atoms with van der Waals surface area (Å²) < 4.78 is 2.22. The number of aromatic nitrogens is 2. The number of fused-ring (bicyclic) bond motifs is 3. The second kappa shape index (κ2) is 4.46. The Labute approximate surface area is 118 Å². The topological polar surface area (TPSA) is 29.3 Å². The van der Waals surface area contributed by atoms with E-state index in [1.807, 2.05) is 6.07 Å². The van der Waals surface area contributed by atoms with Crippen molar-refractivity contribution in [3.05, 3.63) is 71.2 Å². The molecule has 3 heterocycles. The predicted molar refractivity (Wildman–Crippen MR) is 79.9 cm³/mol. The Bertz CT molecular complexity index is 773. The third-order valence-corrected chi connectivity index (χ3v) is 4.00. The van der Waals surface area contributed by atoms with Crippen LogP contribution in [0.4, 0.5) is 0 Å². The van der Waals surface area contributed by atoms with Gasteiger partial charge in [-0.3, -0.25) is 0 Å². The van der Waals surface area contributed by atoms with Gasteiger partial charge in [0.2, 0.25) is 0 Å². The highest BCUT2D eigenvalue weighted by molar-refractivity contribution is 5.47. The van der Waals surface area contributed by atoms with Gasteiger partial charge in [0.1, 0.15) is 5.65 Å². The maximum absolute atomic E-state index is 4.77. The summed E-state index contributed by atoms with van der Waals surface area (Å²) in [5.74, 6) is 0. The van der Waals surface area contributed by atoms with Crippen LogP contribution in [-0.4, -0.2) is 15.9 Å². The monoisotopic (exact) mass is 263 g/mol. The van der Waals surface area contributed by atoms with Gasteiger partial charge < -0.3 is 9.72 Å². The van der Waals surface area contributed by atoms with E-state index in [-0.39, 0.29) is 6.04 Å². The molecule has 1 unspecified atom stereocenters. The van der Waals surface area contributed by atoms with E-state index in [9.17, 15) is 0 Å². The Balaban J connectivity index is 1.93. The second-order valence-corrected chi connectivity index (χ2v) is 5.42. The van der Waals surface area contributed by atoms with Gasteiger partial charge in [-0.2, -0.15) is 0 Å². The van der Waals surface area contributed by atoms with Crippen LogP contribution >= 0.6 is 0 Å². The molecular formula is C17H17N3. The van der Waals surface area contributed by atoms with E-state index < -0.39 is 0 Å². The largest absolute Gasteiger partial charge is 0.305 e. The predicted octanol–water partition coefficient (Wildman–Crippen LogP) is 2.88. The van der Waals surface area contributed by atoms with Gasteiger partial charge in [0.25, 0.3) is 0 Å². The molecule has 1 atom stereocenters. The number of nitrogens with one attached hydrogen (secondary N) is 1. The van der Waals surface area contributed by atoms with E-state index in [2.05, 4.69) is 59.2 Å². The second-order valence-electron chi connectivity index (χ2n) is 5.42. The van der Waals surface area contributed by atoms with Crippen molar-refractivity contribution < 1.29 is 0 Å². The lowest BCUT2D eigenvalue weighted by atomic mass is 9.96. The third kappa shape index (κ3) is 1.74. The van der Waals surface area contributed by atoms with Crippen molar-refractivity contribution in [1.29, 1.82) is 0 Å². The number of hydrogen-bond donors (Lipinski definition) is 1. The van der Waals surface area contributed by atoms with Gasteiger partial charge in [0.15, 0.2) is 0 Å². The van der Waals surface area contributed by atoms with Crippen molar-refractivity contribution in [1.82, 2.24) is 14.7 Å². The van der Waals surface area contributed by atoms with Crippen LogP contribution in [0.2, 0.25) is 0 Å². The van der Waals surface area contributed by atoms with E-state index >= 15 is 0 Å². The number of rotatable bonds is 1. The molecule has 1 N–H and O–H groups in total. The smallest absolute Gasteiger partial charge is 0.137 e. The lowest BCUT2D eigenvalue weighted by molar-refractivity contribution is 0.547. The third-order valence-electron chi connectivity index (χ3n) is 4.00. The summed E-state index contributed by atoms with van der Waals surface area (Å²) >= 11 is 0. The summed E-state index contributed by atoms with van der Waals surface area (Å²) in [6.45, 7) is 3.12. The number of pyridine rings is 1. The van der Waals surface area contributed by atoms with Crippen molar-refractivity contribution in [3.8, 4) is 0 Å². The first kappa shape index (κ1) is 11.7. The molecule has 3 nitrogen and oxygen atoms in total. The van der Waals surface area contributed by atoms with Crippen LogP contribution in [0.25, 0.3) is 5.65 Å². The molecule has 1 aliphatic heterocycles. The zero-order chi connectivity index (χ0) is 13.5. The van der Waals surface area contributed by atoms with Crippen molar-refractivity contribution in [2.45, 2.75) is 19.4 Å². The number of aryl methyl sites for hydroxylation is 1. The van der Waals surface area contributed by atoms with Crippen LogP contribution in [0.1, 0.15) is 28.6 Å². The molecule has 1 aromatic carbocycles. The number of nitrogens with zero attached hydrogens (tertiary/aromatic N) is 2. The average molecular weight is 263 g/mol. The highest BCUT2D eigenvalue weighted by atomic mass is 15.1. The zero-order valence-corrected chi connectivity index (χ0v) is 11.5. The number of hydrogen-bond acceptors (Lipinski definition) is 2.